The largest absolute Gasteiger partial charge is 0.462 e. The second-order valence-electron chi connectivity index (χ2n) is 12.8. The highest BCUT2D eigenvalue weighted by atomic mass is 16.6. The van der Waals surface area contributed by atoms with E-state index in [1.807, 2.05) is 0 Å². The Bertz CT molecular complexity index is 1190. The van der Waals surface area contributed by atoms with Gasteiger partial charge in [0.15, 0.2) is 5.78 Å². The van der Waals surface area contributed by atoms with E-state index < -0.39 is 70.6 Å². The van der Waals surface area contributed by atoms with E-state index in [1.165, 1.54) is 34.1 Å². The second kappa shape index (κ2) is 11.5. The Morgan fingerprint density at radius 3 is 2.23 bits per heavy atom. The van der Waals surface area contributed by atoms with Crippen LogP contribution in [0.15, 0.2) is 11.8 Å². The molecule has 7 bridgehead atoms. The molecule has 5 aliphatic rings. The summed E-state index contributed by atoms with van der Waals surface area (Å²) in [6.07, 6.45) is -0.637. The molecule has 0 N–H and O–H groups in total. The van der Waals surface area contributed by atoms with Gasteiger partial charge < -0.3 is 33.2 Å². The van der Waals surface area contributed by atoms with Crippen LogP contribution >= 0.6 is 0 Å². The number of carbonyl (C=O) groups excluding carboxylic acids is 4. The van der Waals surface area contributed by atoms with Gasteiger partial charge in [-0.05, 0) is 6.54 Å². The summed E-state index contributed by atoms with van der Waals surface area (Å²) in [5, 5.41) is 0. The van der Waals surface area contributed by atoms with Gasteiger partial charge in [0.2, 0.25) is 0 Å². The molecule has 0 aromatic heterocycles. The standard InChI is InChI=1S/C31H45NO11/c1-9-32-14-29(15-37-5)23(42-17(3)34)11-24(39-7)31-19-10-21(36)22(38-6)12-30(43-18(4)35,20(19)13-41-16(2)33)25(28(31)32)26(40-8)27(29)31/h13,19,22-28H,9-12,14-15H2,1-8H3/b20-13+/t19-,22-,23+,24-,25-,26-,27+,28?,29-,30-,31-/m0/s1. The molecule has 12 heteroatoms. The Morgan fingerprint density at radius 1 is 0.977 bits per heavy atom. The Balaban J connectivity index is 1.91. The molecule has 1 spiro atoms. The van der Waals surface area contributed by atoms with E-state index >= 15 is 0 Å². The van der Waals surface area contributed by atoms with Crippen molar-refractivity contribution in [2.75, 3.05) is 48.1 Å². The Hall–Kier alpha value is -2.38. The van der Waals surface area contributed by atoms with Crippen molar-refractivity contribution in [3.8, 4) is 0 Å². The highest BCUT2D eigenvalue weighted by Gasteiger charge is 2.86. The lowest BCUT2D eigenvalue weighted by Crippen LogP contribution is -2.77. The maximum atomic E-state index is 14.0. The molecule has 0 amide bonds. The summed E-state index contributed by atoms with van der Waals surface area (Å²) in [7, 11) is 6.37. The second-order valence-corrected chi connectivity index (χ2v) is 12.8. The molecule has 5 fully saturated rings. The summed E-state index contributed by atoms with van der Waals surface area (Å²) in [4.78, 5) is 54.1. The van der Waals surface area contributed by atoms with Crippen LogP contribution in [0.4, 0.5) is 0 Å². The van der Waals surface area contributed by atoms with Crippen molar-refractivity contribution in [1.82, 2.24) is 4.90 Å². The Labute approximate surface area is 252 Å². The number of hydrogen-bond acceptors (Lipinski definition) is 12. The van der Waals surface area contributed by atoms with Gasteiger partial charge in [-0.15, -0.1) is 0 Å². The van der Waals surface area contributed by atoms with Crippen molar-refractivity contribution >= 4 is 23.7 Å². The molecule has 43 heavy (non-hydrogen) atoms. The van der Waals surface area contributed by atoms with E-state index in [-0.39, 0.29) is 37.2 Å². The average Bonchev–Trinajstić information content (AvgIpc) is 3.08. The molecule has 4 aliphatic carbocycles. The first-order chi connectivity index (χ1) is 20.4. The van der Waals surface area contributed by atoms with Crippen molar-refractivity contribution in [3.63, 3.8) is 0 Å². The predicted molar refractivity (Wildman–Crippen MR) is 149 cm³/mol. The minimum atomic E-state index is -1.40. The number of carbonyl (C=O) groups is 4. The molecule has 240 valence electrons. The monoisotopic (exact) mass is 607 g/mol. The normalized spacial score (nSPS) is 44.1. The van der Waals surface area contributed by atoms with Crippen LogP contribution < -0.4 is 0 Å². The molecule has 12 nitrogen and oxygen atoms in total. The molecular weight excluding hydrogens is 562 g/mol. The summed E-state index contributed by atoms with van der Waals surface area (Å²) < 4.78 is 42.6. The number of hydrogen-bond donors (Lipinski definition) is 0. The van der Waals surface area contributed by atoms with E-state index in [0.717, 1.165) is 0 Å². The van der Waals surface area contributed by atoms with Gasteiger partial charge in [0.25, 0.3) is 0 Å². The molecular formula is C31H45NO11. The smallest absolute Gasteiger partial charge is 0.307 e. The highest BCUT2D eigenvalue weighted by Crippen LogP contribution is 2.77. The number of ketones is 1. The number of esters is 3. The van der Waals surface area contributed by atoms with Crippen LogP contribution in [0.1, 0.15) is 47.0 Å². The molecule has 0 radical (unpaired) electrons. The van der Waals surface area contributed by atoms with E-state index in [1.54, 1.807) is 21.3 Å². The lowest BCUT2D eigenvalue weighted by Gasteiger charge is -2.69. The van der Waals surface area contributed by atoms with Crippen LogP contribution in [0.25, 0.3) is 0 Å². The van der Waals surface area contributed by atoms with Crippen LogP contribution in [-0.2, 0) is 52.3 Å². The number of ether oxygens (including phenoxy) is 7. The number of Topliss-reactive ketones (excluding diaryl/α,β-unsaturated/α-hetero) is 1. The summed E-state index contributed by atoms with van der Waals surface area (Å²) in [5.41, 5.74) is -2.40. The number of likely N-dealkylation sites (tertiary alicyclic amines) is 1. The topological polar surface area (TPSA) is 136 Å². The minimum Gasteiger partial charge on any atom is -0.462 e. The van der Waals surface area contributed by atoms with Gasteiger partial charge in [-0.2, -0.15) is 0 Å². The van der Waals surface area contributed by atoms with E-state index in [2.05, 4.69) is 11.8 Å². The van der Waals surface area contributed by atoms with Gasteiger partial charge in [-0.3, -0.25) is 24.1 Å². The van der Waals surface area contributed by atoms with Crippen molar-refractivity contribution in [3.05, 3.63) is 11.8 Å². The quantitative estimate of drug-likeness (QED) is 0.214. The number of rotatable bonds is 9. The third kappa shape index (κ3) is 4.34. The zero-order chi connectivity index (χ0) is 31.5. The van der Waals surface area contributed by atoms with Gasteiger partial charge >= 0.3 is 17.9 Å². The Kier molecular flexibility index (Phi) is 8.58. The lowest BCUT2D eigenvalue weighted by molar-refractivity contribution is -0.275. The third-order valence-corrected chi connectivity index (χ3v) is 11.1. The SMILES string of the molecule is CCN1C[C@@]2(COC)[C@H]3[C@@H](OC)[C@H]4C1[C@]3([C@@H](OC)C[C@H]2OC(C)=O)[C@H]1CC(=O)[C@@H](OC)C[C@]4(OC(C)=O)/C1=C/OC(C)=O. The predicted octanol–water partition coefficient (Wildman–Crippen LogP) is 1.68. The molecule has 4 saturated carbocycles. The zero-order valence-corrected chi connectivity index (χ0v) is 26.4. The minimum absolute atomic E-state index is 0.0369. The fourth-order valence-electron chi connectivity index (χ4n) is 10.3. The van der Waals surface area contributed by atoms with Crippen LogP contribution in [0.5, 0.6) is 0 Å². The van der Waals surface area contributed by atoms with Crippen LogP contribution in [0.2, 0.25) is 0 Å². The van der Waals surface area contributed by atoms with Gasteiger partial charge in [0.1, 0.15) is 17.8 Å². The highest BCUT2D eigenvalue weighted by molar-refractivity contribution is 5.85. The lowest BCUT2D eigenvalue weighted by atomic mass is 9.43. The van der Waals surface area contributed by atoms with Gasteiger partial charge in [-0.1, -0.05) is 6.92 Å². The molecule has 1 heterocycles. The number of nitrogens with zero attached hydrogens (tertiary/aromatic N) is 1. The molecule has 0 aromatic rings. The van der Waals surface area contributed by atoms with Gasteiger partial charge in [0, 0.05) is 115 Å². The van der Waals surface area contributed by atoms with Crippen LogP contribution in [0.3, 0.4) is 0 Å². The van der Waals surface area contributed by atoms with E-state index in [0.29, 0.717) is 25.1 Å². The number of piperidine rings is 1. The molecule has 11 atom stereocenters. The maximum Gasteiger partial charge on any atom is 0.307 e. The summed E-state index contributed by atoms with van der Waals surface area (Å²) in [5.74, 6) is -3.07. The van der Waals surface area contributed by atoms with Crippen molar-refractivity contribution < 1.29 is 52.3 Å². The number of fused-ring (bicyclic) bond motifs is 3. The van der Waals surface area contributed by atoms with Crippen molar-refractivity contribution in [2.24, 2.45) is 28.6 Å². The molecule has 1 saturated heterocycles. The average molecular weight is 608 g/mol. The molecule has 5 rings (SSSR count). The number of methoxy groups -OCH3 is 4. The van der Waals surface area contributed by atoms with Crippen molar-refractivity contribution in [2.45, 2.75) is 83.0 Å². The van der Waals surface area contributed by atoms with Gasteiger partial charge in [-0.25, -0.2) is 0 Å². The zero-order valence-electron chi connectivity index (χ0n) is 26.4. The first-order valence-electron chi connectivity index (χ1n) is 15.0. The summed E-state index contributed by atoms with van der Waals surface area (Å²) in [6, 6.07) is -0.261. The van der Waals surface area contributed by atoms with Crippen LogP contribution in [0, 0.1) is 28.6 Å². The summed E-state index contributed by atoms with van der Waals surface area (Å²) in [6.45, 7) is 7.51. The summed E-state index contributed by atoms with van der Waals surface area (Å²) >= 11 is 0. The molecule has 1 aliphatic heterocycles. The third-order valence-electron chi connectivity index (χ3n) is 11.1. The fourth-order valence-corrected chi connectivity index (χ4v) is 10.3. The molecule has 1 unspecified atom stereocenters. The fraction of sp³-hybridized carbons (Fsp3) is 0.806. The maximum absolute atomic E-state index is 14.0. The van der Waals surface area contributed by atoms with Crippen molar-refractivity contribution in [1.29, 1.82) is 0 Å². The van der Waals surface area contributed by atoms with E-state index in [4.69, 9.17) is 33.2 Å². The Morgan fingerprint density at radius 2 is 1.70 bits per heavy atom. The van der Waals surface area contributed by atoms with Gasteiger partial charge in [0.05, 0.1) is 25.1 Å². The van der Waals surface area contributed by atoms with E-state index in [9.17, 15) is 19.2 Å². The first-order valence-corrected chi connectivity index (χ1v) is 15.0. The van der Waals surface area contributed by atoms with Crippen LogP contribution in [-0.4, -0.2) is 113 Å². The molecule has 0 aromatic carbocycles. The first kappa shape index (κ1) is 32.0.